The molecule has 0 fully saturated rings. The van der Waals surface area contributed by atoms with Crippen LogP contribution in [0, 0.1) is 0 Å². The third kappa shape index (κ3) is 3.27. The Hall–Kier alpha value is -2.44. The molecule has 1 amide bonds. The molecule has 0 aliphatic carbocycles. The Morgan fingerprint density at radius 3 is 2.95 bits per heavy atom. The summed E-state index contributed by atoms with van der Waals surface area (Å²) in [6, 6.07) is 3.21. The smallest absolute Gasteiger partial charge is 0.244 e. The van der Waals surface area contributed by atoms with Crippen molar-refractivity contribution in [1.29, 1.82) is 0 Å². The lowest BCUT2D eigenvalue weighted by Gasteiger charge is -2.12. The number of aromatic nitrogens is 4. The van der Waals surface area contributed by atoms with Crippen LogP contribution in [0.15, 0.2) is 31.0 Å². The zero-order valence-corrected chi connectivity index (χ0v) is 10.8. The minimum absolute atomic E-state index is 0.124. The summed E-state index contributed by atoms with van der Waals surface area (Å²) in [6.45, 7) is 2.17. The topological polar surface area (TPSA) is 81.9 Å². The second kappa shape index (κ2) is 5.94. The van der Waals surface area contributed by atoms with Crippen molar-refractivity contribution in [2.75, 3.05) is 7.11 Å². The fourth-order valence-electron chi connectivity index (χ4n) is 1.51. The van der Waals surface area contributed by atoms with E-state index in [1.165, 1.54) is 17.3 Å². The summed E-state index contributed by atoms with van der Waals surface area (Å²) in [5, 5.41) is 6.75. The van der Waals surface area contributed by atoms with Gasteiger partial charge in [0.15, 0.2) is 0 Å². The number of methoxy groups -OCH3 is 1. The number of hydrogen-bond acceptors (Lipinski definition) is 5. The average molecular weight is 261 g/mol. The number of ether oxygens (including phenoxy) is 1. The first-order valence-corrected chi connectivity index (χ1v) is 5.81. The molecule has 0 bridgehead atoms. The van der Waals surface area contributed by atoms with E-state index in [0.717, 1.165) is 5.56 Å². The van der Waals surface area contributed by atoms with E-state index in [2.05, 4.69) is 20.4 Å². The van der Waals surface area contributed by atoms with Crippen LogP contribution < -0.4 is 10.1 Å². The van der Waals surface area contributed by atoms with Gasteiger partial charge in [-0.3, -0.25) is 4.79 Å². The molecule has 0 aliphatic heterocycles. The minimum Gasteiger partial charge on any atom is -0.481 e. The third-order valence-corrected chi connectivity index (χ3v) is 2.69. The van der Waals surface area contributed by atoms with Crippen molar-refractivity contribution in [1.82, 2.24) is 25.1 Å². The largest absolute Gasteiger partial charge is 0.481 e. The summed E-state index contributed by atoms with van der Waals surface area (Å²) >= 11 is 0. The van der Waals surface area contributed by atoms with Gasteiger partial charge in [-0.2, -0.15) is 5.10 Å². The van der Waals surface area contributed by atoms with Gasteiger partial charge in [-0.05, 0) is 12.5 Å². The number of rotatable bonds is 5. The Morgan fingerprint density at radius 2 is 2.37 bits per heavy atom. The van der Waals surface area contributed by atoms with Crippen LogP contribution in [-0.4, -0.2) is 32.8 Å². The molecule has 1 atom stereocenters. The van der Waals surface area contributed by atoms with Crippen LogP contribution in [-0.2, 0) is 11.3 Å². The standard InChI is InChI=1S/C12H15N5O2/c1-9(17-8-13-7-16-17)12(18)15-6-10-3-4-11(19-2)14-5-10/h3-5,7-9H,6H2,1-2H3,(H,15,18)/t9-/m1/s1. The molecular formula is C12H15N5O2. The molecule has 0 spiro atoms. The number of pyridine rings is 1. The summed E-state index contributed by atoms with van der Waals surface area (Å²) in [6.07, 6.45) is 4.58. The van der Waals surface area contributed by atoms with Crippen LogP contribution in [0.25, 0.3) is 0 Å². The Labute approximate surface area is 110 Å². The average Bonchev–Trinajstić information content (AvgIpc) is 2.98. The summed E-state index contributed by atoms with van der Waals surface area (Å²) in [5.41, 5.74) is 0.903. The van der Waals surface area contributed by atoms with Gasteiger partial charge in [0.05, 0.1) is 7.11 Å². The number of amides is 1. The van der Waals surface area contributed by atoms with Gasteiger partial charge in [0.1, 0.15) is 18.7 Å². The molecule has 2 aromatic heterocycles. The zero-order valence-electron chi connectivity index (χ0n) is 10.8. The molecule has 2 heterocycles. The molecule has 7 nitrogen and oxygen atoms in total. The molecule has 0 aliphatic rings. The van der Waals surface area contributed by atoms with Gasteiger partial charge in [-0.15, -0.1) is 0 Å². The maximum absolute atomic E-state index is 11.9. The van der Waals surface area contributed by atoms with Crippen LogP contribution in [0.5, 0.6) is 5.88 Å². The molecule has 100 valence electrons. The summed E-state index contributed by atoms with van der Waals surface area (Å²) < 4.78 is 6.47. The number of carbonyl (C=O) groups is 1. The normalized spacial score (nSPS) is 11.9. The predicted molar refractivity (Wildman–Crippen MR) is 67.4 cm³/mol. The first-order chi connectivity index (χ1) is 9.20. The lowest BCUT2D eigenvalue weighted by molar-refractivity contribution is -0.124. The van der Waals surface area contributed by atoms with Gasteiger partial charge < -0.3 is 10.1 Å². The van der Waals surface area contributed by atoms with Crippen molar-refractivity contribution < 1.29 is 9.53 Å². The Kier molecular flexibility index (Phi) is 4.07. The van der Waals surface area contributed by atoms with Crippen LogP contribution in [0.1, 0.15) is 18.5 Å². The monoisotopic (exact) mass is 261 g/mol. The zero-order chi connectivity index (χ0) is 13.7. The molecule has 0 saturated carbocycles. The Bertz CT molecular complexity index is 524. The summed E-state index contributed by atoms with van der Waals surface area (Å²) in [7, 11) is 1.56. The molecule has 2 aromatic rings. The lowest BCUT2D eigenvalue weighted by atomic mass is 10.2. The number of hydrogen-bond donors (Lipinski definition) is 1. The van der Waals surface area contributed by atoms with E-state index >= 15 is 0 Å². The molecule has 1 N–H and O–H groups in total. The van der Waals surface area contributed by atoms with Crippen LogP contribution >= 0.6 is 0 Å². The maximum Gasteiger partial charge on any atom is 0.244 e. The van der Waals surface area contributed by atoms with Crippen molar-refractivity contribution in [3.8, 4) is 5.88 Å². The van der Waals surface area contributed by atoms with Gasteiger partial charge in [-0.25, -0.2) is 14.6 Å². The molecule has 0 aromatic carbocycles. The fourth-order valence-corrected chi connectivity index (χ4v) is 1.51. The maximum atomic E-state index is 11.9. The van der Waals surface area contributed by atoms with Gasteiger partial charge in [0, 0.05) is 18.8 Å². The highest BCUT2D eigenvalue weighted by atomic mass is 16.5. The molecule has 0 unspecified atom stereocenters. The van der Waals surface area contributed by atoms with E-state index in [1.807, 2.05) is 6.07 Å². The van der Waals surface area contributed by atoms with Gasteiger partial charge in [-0.1, -0.05) is 6.07 Å². The molecule has 2 rings (SSSR count). The van der Waals surface area contributed by atoms with E-state index in [-0.39, 0.29) is 5.91 Å². The van der Waals surface area contributed by atoms with Crippen molar-refractivity contribution in [3.63, 3.8) is 0 Å². The SMILES string of the molecule is COc1ccc(CNC(=O)[C@@H](C)n2cncn2)cn1. The van der Waals surface area contributed by atoms with Crippen molar-refractivity contribution in [2.24, 2.45) is 0 Å². The summed E-state index contributed by atoms with van der Waals surface area (Å²) in [4.78, 5) is 19.8. The van der Waals surface area contributed by atoms with Crippen molar-refractivity contribution in [3.05, 3.63) is 36.5 Å². The van der Waals surface area contributed by atoms with Gasteiger partial charge >= 0.3 is 0 Å². The first-order valence-electron chi connectivity index (χ1n) is 5.81. The quantitative estimate of drug-likeness (QED) is 0.850. The molecule has 7 heteroatoms. The van der Waals surface area contributed by atoms with Crippen molar-refractivity contribution >= 4 is 5.91 Å². The second-order valence-corrected chi connectivity index (χ2v) is 3.98. The highest BCUT2D eigenvalue weighted by molar-refractivity contribution is 5.79. The number of nitrogens with one attached hydrogen (secondary N) is 1. The molecular weight excluding hydrogens is 246 g/mol. The first kappa shape index (κ1) is 13.0. The number of nitrogens with zero attached hydrogens (tertiary/aromatic N) is 4. The molecule has 0 saturated heterocycles. The third-order valence-electron chi connectivity index (χ3n) is 2.69. The van der Waals surface area contributed by atoms with E-state index in [4.69, 9.17) is 4.74 Å². The molecule has 19 heavy (non-hydrogen) atoms. The summed E-state index contributed by atoms with van der Waals surface area (Å²) in [5.74, 6) is 0.423. The van der Waals surface area contributed by atoms with Gasteiger partial charge in [0.25, 0.3) is 0 Å². The van der Waals surface area contributed by atoms with Gasteiger partial charge in [0.2, 0.25) is 11.8 Å². The van der Waals surface area contributed by atoms with E-state index in [9.17, 15) is 4.79 Å². The lowest BCUT2D eigenvalue weighted by Crippen LogP contribution is -2.30. The second-order valence-electron chi connectivity index (χ2n) is 3.98. The van der Waals surface area contributed by atoms with E-state index in [0.29, 0.717) is 12.4 Å². The van der Waals surface area contributed by atoms with Crippen LogP contribution in [0.3, 0.4) is 0 Å². The van der Waals surface area contributed by atoms with Crippen LogP contribution in [0.4, 0.5) is 0 Å². The van der Waals surface area contributed by atoms with Crippen LogP contribution in [0.2, 0.25) is 0 Å². The number of carbonyl (C=O) groups excluding carboxylic acids is 1. The minimum atomic E-state index is -0.395. The van der Waals surface area contributed by atoms with Crippen molar-refractivity contribution in [2.45, 2.75) is 19.5 Å². The molecule has 0 radical (unpaired) electrons. The van der Waals surface area contributed by atoms with E-state index in [1.54, 1.807) is 26.3 Å². The highest BCUT2D eigenvalue weighted by Gasteiger charge is 2.14. The highest BCUT2D eigenvalue weighted by Crippen LogP contribution is 2.07. The Morgan fingerprint density at radius 1 is 1.53 bits per heavy atom. The van der Waals surface area contributed by atoms with E-state index < -0.39 is 6.04 Å². The Balaban J connectivity index is 1.89. The predicted octanol–water partition coefficient (Wildman–Crippen LogP) is 0.559. The fraction of sp³-hybridized carbons (Fsp3) is 0.333.